The molecule has 5 atom stereocenters. The summed E-state index contributed by atoms with van der Waals surface area (Å²) >= 11 is 0. The summed E-state index contributed by atoms with van der Waals surface area (Å²) in [6.07, 6.45) is 4.98. The van der Waals surface area contributed by atoms with Crippen molar-refractivity contribution in [2.24, 2.45) is 28.3 Å². The monoisotopic (exact) mass is 357 g/mol. The van der Waals surface area contributed by atoms with E-state index in [1.54, 1.807) is 7.11 Å². The maximum Gasteiger partial charge on any atom is 0.139 e. The molecule has 2 fully saturated rings. The Morgan fingerprint density at radius 3 is 2.69 bits per heavy atom. The van der Waals surface area contributed by atoms with E-state index in [2.05, 4.69) is 38.1 Å². The Labute approximate surface area is 156 Å². The Balaban J connectivity index is 1.49. The van der Waals surface area contributed by atoms with Crippen LogP contribution in [-0.2, 0) is 16.2 Å². The standard InChI is InChI=1S/C22H31NO3/c1-14(2)17-11-12-22(3)19(10-9-18-20(22)21(17)26-23-18)25-13-15-5-7-16(24-4)8-6-15/h5-8,14,17,19-21H,9-13H2,1-4H3/t17-,19-,20+,21-,22+/m1/s1. The van der Waals surface area contributed by atoms with Crippen LogP contribution in [0.25, 0.3) is 0 Å². The third-order valence-electron chi connectivity index (χ3n) is 6.99. The molecule has 26 heavy (non-hydrogen) atoms. The van der Waals surface area contributed by atoms with Crippen molar-refractivity contribution in [3.8, 4) is 5.75 Å². The van der Waals surface area contributed by atoms with Gasteiger partial charge in [-0.15, -0.1) is 0 Å². The lowest BCUT2D eigenvalue weighted by Crippen LogP contribution is -2.56. The van der Waals surface area contributed by atoms with E-state index in [1.165, 1.54) is 24.1 Å². The Morgan fingerprint density at radius 2 is 2.00 bits per heavy atom. The molecular formula is C22H31NO3. The van der Waals surface area contributed by atoms with Crippen LogP contribution in [0.1, 0.15) is 52.0 Å². The molecule has 0 aromatic heterocycles. The zero-order chi connectivity index (χ0) is 18.3. The van der Waals surface area contributed by atoms with Crippen molar-refractivity contribution in [1.29, 1.82) is 0 Å². The molecule has 3 aliphatic rings. The predicted molar refractivity (Wildman–Crippen MR) is 102 cm³/mol. The van der Waals surface area contributed by atoms with E-state index in [9.17, 15) is 0 Å². The van der Waals surface area contributed by atoms with Crippen LogP contribution in [0.2, 0.25) is 0 Å². The summed E-state index contributed by atoms with van der Waals surface area (Å²) in [5.41, 5.74) is 2.62. The van der Waals surface area contributed by atoms with Gasteiger partial charge >= 0.3 is 0 Å². The van der Waals surface area contributed by atoms with Crippen molar-refractivity contribution in [1.82, 2.24) is 0 Å². The summed E-state index contributed by atoms with van der Waals surface area (Å²) in [7, 11) is 1.70. The largest absolute Gasteiger partial charge is 0.497 e. The van der Waals surface area contributed by atoms with Crippen molar-refractivity contribution >= 4 is 5.71 Å². The zero-order valence-electron chi connectivity index (χ0n) is 16.4. The molecule has 4 rings (SSSR count). The summed E-state index contributed by atoms with van der Waals surface area (Å²) in [4.78, 5) is 5.97. The van der Waals surface area contributed by atoms with Crippen molar-refractivity contribution < 1.29 is 14.3 Å². The van der Waals surface area contributed by atoms with Crippen molar-refractivity contribution in [3.63, 3.8) is 0 Å². The van der Waals surface area contributed by atoms with Crippen LogP contribution < -0.4 is 4.74 Å². The maximum atomic E-state index is 6.48. The molecular weight excluding hydrogens is 326 g/mol. The molecule has 0 bridgehead atoms. The minimum absolute atomic E-state index is 0.135. The Hall–Kier alpha value is -1.55. The lowest BCUT2D eigenvalue weighted by Gasteiger charge is -2.52. The second kappa shape index (κ2) is 6.88. The first-order chi connectivity index (χ1) is 12.5. The van der Waals surface area contributed by atoms with E-state index in [-0.39, 0.29) is 17.6 Å². The molecule has 4 nitrogen and oxygen atoms in total. The molecule has 0 spiro atoms. The minimum Gasteiger partial charge on any atom is -0.497 e. The molecule has 2 aliphatic carbocycles. The van der Waals surface area contributed by atoms with Crippen LogP contribution in [-0.4, -0.2) is 25.0 Å². The molecule has 1 aromatic rings. The molecule has 4 heteroatoms. The fraction of sp³-hybridized carbons (Fsp3) is 0.682. The van der Waals surface area contributed by atoms with Gasteiger partial charge in [-0.2, -0.15) is 0 Å². The van der Waals surface area contributed by atoms with E-state index in [0.29, 0.717) is 24.4 Å². The van der Waals surface area contributed by atoms with Gasteiger partial charge < -0.3 is 14.3 Å². The summed E-state index contributed by atoms with van der Waals surface area (Å²) < 4.78 is 11.7. The Bertz CT molecular complexity index is 668. The Kier molecular flexibility index (Phi) is 4.72. The van der Waals surface area contributed by atoms with Crippen LogP contribution in [0.15, 0.2) is 29.4 Å². The quantitative estimate of drug-likeness (QED) is 0.759. The lowest BCUT2D eigenvalue weighted by atomic mass is 9.54. The first-order valence-corrected chi connectivity index (χ1v) is 10.00. The highest BCUT2D eigenvalue weighted by Gasteiger charge is 2.59. The van der Waals surface area contributed by atoms with Crippen molar-refractivity contribution in [2.45, 2.75) is 65.3 Å². The third kappa shape index (κ3) is 2.92. The van der Waals surface area contributed by atoms with Crippen LogP contribution in [0.5, 0.6) is 5.75 Å². The number of hydrogen-bond acceptors (Lipinski definition) is 4. The minimum atomic E-state index is 0.135. The molecule has 2 saturated carbocycles. The number of oxime groups is 1. The second-order valence-corrected chi connectivity index (χ2v) is 8.77. The SMILES string of the molecule is COc1ccc(CO[C@@H]2CCC3=NO[C@@H]4[C@@H](C(C)C)CC[C@]2(C)[C@@H]34)cc1. The van der Waals surface area contributed by atoms with Crippen LogP contribution in [0.3, 0.4) is 0 Å². The predicted octanol–water partition coefficient (Wildman–Crippen LogP) is 4.82. The van der Waals surface area contributed by atoms with Gasteiger partial charge in [-0.25, -0.2) is 0 Å². The average Bonchev–Trinajstić information content (AvgIpc) is 3.07. The van der Waals surface area contributed by atoms with Gasteiger partial charge in [-0.1, -0.05) is 38.1 Å². The molecule has 1 aliphatic heterocycles. The number of nitrogens with zero attached hydrogens (tertiary/aromatic N) is 1. The summed E-state index contributed by atoms with van der Waals surface area (Å²) in [5.74, 6) is 2.56. The fourth-order valence-corrected chi connectivity index (χ4v) is 5.39. The highest BCUT2D eigenvalue weighted by molar-refractivity contribution is 5.89. The normalized spacial score (nSPS) is 35.7. The van der Waals surface area contributed by atoms with Gasteiger partial charge in [-0.3, -0.25) is 0 Å². The molecule has 0 saturated heterocycles. The van der Waals surface area contributed by atoms with Gasteiger partial charge in [0.15, 0.2) is 0 Å². The molecule has 0 amide bonds. The maximum absolute atomic E-state index is 6.48. The van der Waals surface area contributed by atoms with E-state index < -0.39 is 0 Å². The van der Waals surface area contributed by atoms with Gasteiger partial charge in [0.05, 0.1) is 25.5 Å². The van der Waals surface area contributed by atoms with Crippen LogP contribution in [0, 0.1) is 23.2 Å². The van der Waals surface area contributed by atoms with Crippen molar-refractivity contribution in [3.05, 3.63) is 29.8 Å². The Morgan fingerprint density at radius 1 is 1.23 bits per heavy atom. The second-order valence-electron chi connectivity index (χ2n) is 8.77. The first-order valence-electron chi connectivity index (χ1n) is 10.00. The van der Waals surface area contributed by atoms with Crippen LogP contribution in [0.4, 0.5) is 0 Å². The number of methoxy groups -OCH3 is 1. The van der Waals surface area contributed by atoms with E-state index in [4.69, 9.17) is 14.3 Å². The van der Waals surface area contributed by atoms with Crippen molar-refractivity contribution in [2.75, 3.05) is 7.11 Å². The molecule has 1 aromatic carbocycles. The molecule has 1 heterocycles. The van der Waals surface area contributed by atoms with E-state index in [1.807, 2.05) is 12.1 Å². The number of ether oxygens (including phenoxy) is 2. The number of rotatable bonds is 5. The van der Waals surface area contributed by atoms with Gasteiger partial charge in [0.1, 0.15) is 11.9 Å². The molecule has 0 radical (unpaired) electrons. The van der Waals surface area contributed by atoms with Gasteiger partial charge in [-0.05, 0) is 49.3 Å². The van der Waals surface area contributed by atoms with E-state index in [0.717, 1.165) is 18.6 Å². The molecule has 0 N–H and O–H groups in total. The average molecular weight is 357 g/mol. The topological polar surface area (TPSA) is 40.0 Å². The fourth-order valence-electron chi connectivity index (χ4n) is 5.39. The third-order valence-corrected chi connectivity index (χ3v) is 6.99. The smallest absolute Gasteiger partial charge is 0.139 e. The van der Waals surface area contributed by atoms with Gasteiger partial charge in [0.2, 0.25) is 0 Å². The van der Waals surface area contributed by atoms with Gasteiger partial charge in [0, 0.05) is 17.3 Å². The zero-order valence-corrected chi connectivity index (χ0v) is 16.4. The highest BCUT2D eigenvalue weighted by atomic mass is 16.6. The highest BCUT2D eigenvalue weighted by Crippen LogP contribution is 2.56. The number of hydrogen-bond donors (Lipinski definition) is 0. The summed E-state index contributed by atoms with van der Waals surface area (Å²) in [6, 6.07) is 8.18. The van der Waals surface area contributed by atoms with Crippen LogP contribution >= 0.6 is 0 Å². The molecule has 0 unspecified atom stereocenters. The first kappa shape index (κ1) is 17.8. The van der Waals surface area contributed by atoms with E-state index >= 15 is 0 Å². The molecule has 142 valence electrons. The summed E-state index contributed by atoms with van der Waals surface area (Å²) in [5, 5.41) is 4.50. The summed E-state index contributed by atoms with van der Waals surface area (Å²) in [6.45, 7) is 7.69. The number of benzene rings is 1. The lowest BCUT2D eigenvalue weighted by molar-refractivity contribution is -0.134. The van der Waals surface area contributed by atoms with Gasteiger partial charge in [0.25, 0.3) is 0 Å².